The number of aryl methyl sites for hydroxylation is 1. The first-order valence-corrected chi connectivity index (χ1v) is 11.6. The molecule has 0 radical (unpaired) electrons. The third-order valence-electron chi connectivity index (χ3n) is 5.88. The van der Waals surface area contributed by atoms with Crippen LogP contribution in [0.4, 0.5) is 0 Å². The molecule has 2 aromatic heterocycles. The summed E-state index contributed by atoms with van der Waals surface area (Å²) in [6, 6.07) is 11.5. The second-order valence-corrected chi connectivity index (χ2v) is 8.73. The highest BCUT2D eigenvalue weighted by atomic mass is 32.1. The number of pyridine rings is 1. The Hall–Kier alpha value is -3.03. The number of carbonyl (C=O) groups is 2. The van der Waals surface area contributed by atoms with Gasteiger partial charge >= 0.3 is 0 Å². The minimum Gasteiger partial charge on any atom is -0.367 e. The van der Waals surface area contributed by atoms with Crippen molar-refractivity contribution < 1.29 is 14.3 Å². The predicted molar refractivity (Wildman–Crippen MR) is 124 cm³/mol. The lowest BCUT2D eigenvalue weighted by molar-refractivity contribution is -0.143. The summed E-state index contributed by atoms with van der Waals surface area (Å²) in [5.74, 6) is -0.0469. The number of rotatable bonds is 7. The molecule has 0 saturated carbocycles. The monoisotopic (exact) mass is 449 g/mol. The molecular weight excluding hydrogens is 422 g/mol. The van der Waals surface area contributed by atoms with Gasteiger partial charge in [0.2, 0.25) is 5.91 Å². The third kappa shape index (κ3) is 4.89. The summed E-state index contributed by atoms with van der Waals surface area (Å²) < 4.78 is 5.54. The van der Waals surface area contributed by atoms with E-state index in [1.54, 1.807) is 18.4 Å². The van der Waals surface area contributed by atoms with E-state index in [-0.39, 0.29) is 11.8 Å². The number of amides is 2. The number of thiophene rings is 1. The van der Waals surface area contributed by atoms with E-state index in [0.29, 0.717) is 26.1 Å². The number of fused-ring (bicyclic) bond motifs is 1. The molecule has 1 N–H and O–H groups in total. The summed E-state index contributed by atoms with van der Waals surface area (Å²) >= 11 is 1.59. The fourth-order valence-corrected chi connectivity index (χ4v) is 4.81. The molecule has 0 bridgehead atoms. The molecule has 166 valence electrons. The second kappa shape index (κ2) is 10.1. The van der Waals surface area contributed by atoms with E-state index in [9.17, 15) is 9.59 Å². The van der Waals surface area contributed by atoms with E-state index >= 15 is 0 Å². The highest BCUT2D eigenvalue weighted by Gasteiger charge is 2.29. The van der Waals surface area contributed by atoms with Gasteiger partial charge in [0.15, 0.2) is 6.10 Å². The second-order valence-electron chi connectivity index (χ2n) is 7.95. The molecule has 2 amide bonds. The Bertz CT molecular complexity index is 1080. The number of nitrogens with one attached hydrogen (secondary N) is 1. The van der Waals surface area contributed by atoms with Crippen LogP contribution in [0.15, 0.2) is 53.4 Å². The van der Waals surface area contributed by atoms with Crippen molar-refractivity contribution >= 4 is 23.2 Å². The number of nitrogens with zero attached hydrogens (tertiary/aromatic N) is 2. The first-order chi connectivity index (χ1) is 15.6. The molecule has 0 unspecified atom stereocenters. The van der Waals surface area contributed by atoms with Crippen LogP contribution in [0.5, 0.6) is 0 Å². The van der Waals surface area contributed by atoms with Crippen molar-refractivity contribution in [2.45, 2.75) is 39.0 Å². The molecule has 1 atom stereocenters. The number of ether oxygens (including phenoxy) is 1. The van der Waals surface area contributed by atoms with Gasteiger partial charge in [-0.2, -0.15) is 11.3 Å². The standard InChI is InChI=1S/C25H27N3O3S/c1-17-22(14-27-23(29)12-18-9-11-32-16-18)21-8-10-28(15-20(21)13-26-17)25(30)24(31-2)19-6-4-3-5-7-19/h3-7,9,11,13,16,24H,8,10,12,14-15H2,1-2H3,(H,27,29)/t24-/m0/s1. The number of methoxy groups -OCH3 is 1. The van der Waals surface area contributed by atoms with E-state index in [0.717, 1.165) is 34.4 Å². The fourth-order valence-electron chi connectivity index (χ4n) is 4.15. The molecule has 32 heavy (non-hydrogen) atoms. The van der Waals surface area contributed by atoms with Crippen LogP contribution >= 0.6 is 11.3 Å². The largest absolute Gasteiger partial charge is 0.367 e. The Balaban J connectivity index is 1.46. The van der Waals surface area contributed by atoms with Crippen molar-refractivity contribution in [2.24, 2.45) is 0 Å². The normalized spacial score (nSPS) is 14.0. The first kappa shape index (κ1) is 22.2. The molecule has 1 aliphatic heterocycles. The third-order valence-corrected chi connectivity index (χ3v) is 6.61. The number of carbonyl (C=O) groups excluding carboxylic acids is 2. The molecule has 7 heteroatoms. The summed E-state index contributed by atoms with van der Waals surface area (Å²) in [5, 5.41) is 7.00. The van der Waals surface area contributed by atoms with Crippen molar-refractivity contribution in [2.75, 3.05) is 13.7 Å². The van der Waals surface area contributed by atoms with E-state index in [4.69, 9.17) is 4.74 Å². The van der Waals surface area contributed by atoms with E-state index in [1.165, 1.54) is 5.56 Å². The quantitative estimate of drug-likeness (QED) is 0.599. The molecular formula is C25H27N3O3S. The van der Waals surface area contributed by atoms with E-state index in [2.05, 4.69) is 10.3 Å². The summed E-state index contributed by atoms with van der Waals surface area (Å²) in [7, 11) is 1.56. The lowest BCUT2D eigenvalue weighted by atomic mass is 9.94. The van der Waals surface area contributed by atoms with Crippen LogP contribution in [0.1, 0.15) is 39.6 Å². The van der Waals surface area contributed by atoms with Gasteiger partial charge < -0.3 is 15.0 Å². The summed E-state index contributed by atoms with van der Waals surface area (Å²) in [5.41, 5.74) is 6.06. The number of benzene rings is 1. The van der Waals surface area contributed by atoms with Gasteiger partial charge in [0, 0.05) is 38.6 Å². The van der Waals surface area contributed by atoms with Gasteiger partial charge in [-0.15, -0.1) is 0 Å². The zero-order chi connectivity index (χ0) is 22.5. The predicted octanol–water partition coefficient (Wildman–Crippen LogP) is 3.58. The van der Waals surface area contributed by atoms with Gasteiger partial charge in [0.1, 0.15) is 0 Å². The van der Waals surface area contributed by atoms with Gasteiger partial charge in [-0.05, 0) is 58.0 Å². The highest BCUT2D eigenvalue weighted by Crippen LogP contribution is 2.27. The molecule has 4 rings (SSSR count). The molecule has 0 aliphatic carbocycles. The van der Waals surface area contributed by atoms with Crippen LogP contribution < -0.4 is 5.32 Å². The van der Waals surface area contributed by atoms with Gasteiger partial charge in [-0.1, -0.05) is 30.3 Å². The lowest BCUT2D eigenvalue weighted by Crippen LogP contribution is -2.40. The zero-order valence-corrected chi connectivity index (χ0v) is 19.2. The maximum atomic E-state index is 13.2. The van der Waals surface area contributed by atoms with Crippen LogP contribution in [0.25, 0.3) is 0 Å². The summed E-state index contributed by atoms with van der Waals surface area (Å²) in [6.45, 7) is 3.51. The van der Waals surface area contributed by atoms with E-state index in [1.807, 2.05) is 65.2 Å². The number of aromatic nitrogens is 1. The topological polar surface area (TPSA) is 71.5 Å². The molecule has 0 saturated heterocycles. The number of hydrogen-bond acceptors (Lipinski definition) is 5. The molecule has 0 spiro atoms. The van der Waals surface area contributed by atoms with Crippen LogP contribution in [0.2, 0.25) is 0 Å². The van der Waals surface area contributed by atoms with Crippen molar-refractivity contribution in [1.82, 2.24) is 15.2 Å². The van der Waals surface area contributed by atoms with Crippen molar-refractivity contribution in [1.29, 1.82) is 0 Å². The maximum Gasteiger partial charge on any atom is 0.256 e. The highest BCUT2D eigenvalue weighted by molar-refractivity contribution is 7.08. The Kier molecular flexibility index (Phi) is 6.97. The molecule has 1 aromatic carbocycles. The molecule has 1 aliphatic rings. The lowest BCUT2D eigenvalue weighted by Gasteiger charge is -2.32. The Morgan fingerprint density at radius 3 is 2.78 bits per heavy atom. The van der Waals surface area contributed by atoms with Gasteiger partial charge in [0.25, 0.3) is 5.91 Å². The minimum atomic E-state index is -0.618. The van der Waals surface area contributed by atoms with Gasteiger partial charge in [-0.3, -0.25) is 14.6 Å². The average molecular weight is 450 g/mol. The maximum absolute atomic E-state index is 13.2. The van der Waals surface area contributed by atoms with Gasteiger partial charge in [0.05, 0.1) is 6.42 Å². The average Bonchev–Trinajstić information content (AvgIpc) is 3.32. The van der Waals surface area contributed by atoms with Crippen molar-refractivity contribution in [3.8, 4) is 0 Å². The smallest absolute Gasteiger partial charge is 0.256 e. The Labute approximate surface area is 192 Å². The van der Waals surface area contributed by atoms with Crippen LogP contribution in [-0.2, 0) is 40.3 Å². The summed E-state index contributed by atoms with van der Waals surface area (Å²) in [4.78, 5) is 31.9. The van der Waals surface area contributed by atoms with Crippen molar-refractivity contribution in [3.63, 3.8) is 0 Å². The first-order valence-electron chi connectivity index (χ1n) is 10.7. The van der Waals surface area contributed by atoms with Crippen LogP contribution in [0, 0.1) is 6.92 Å². The van der Waals surface area contributed by atoms with Gasteiger partial charge in [-0.25, -0.2) is 0 Å². The molecule has 3 aromatic rings. The van der Waals surface area contributed by atoms with Crippen LogP contribution in [-0.4, -0.2) is 35.4 Å². The molecule has 3 heterocycles. The van der Waals surface area contributed by atoms with Crippen molar-refractivity contribution in [3.05, 3.63) is 86.9 Å². The SMILES string of the molecule is CO[C@H](C(=O)N1CCc2c(cnc(C)c2CNC(=O)Cc2ccsc2)C1)c1ccccc1. The Morgan fingerprint density at radius 2 is 2.06 bits per heavy atom. The fraction of sp³-hybridized carbons (Fsp3) is 0.320. The molecule has 6 nitrogen and oxygen atoms in total. The molecule has 0 fully saturated rings. The Morgan fingerprint density at radius 1 is 1.25 bits per heavy atom. The zero-order valence-electron chi connectivity index (χ0n) is 18.3. The number of hydrogen-bond donors (Lipinski definition) is 1. The van der Waals surface area contributed by atoms with Crippen LogP contribution in [0.3, 0.4) is 0 Å². The van der Waals surface area contributed by atoms with E-state index < -0.39 is 6.10 Å². The minimum absolute atomic E-state index is 0.00110. The summed E-state index contributed by atoms with van der Waals surface area (Å²) in [6.07, 6.45) is 2.34.